The van der Waals surface area contributed by atoms with Crippen LogP contribution in [0.15, 0.2) is 48.5 Å². The second-order valence-corrected chi connectivity index (χ2v) is 7.89. The molecule has 1 fully saturated rings. The molecule has 1 aromatic heterocycles. The van der Waals surface area contributed by atoms with Gasteiger partial charge in [0.25, 0.3) is 5.91 Å². The lowest BCUT2D eigenvalue weighted by atomic mass is 10.0. The van der Waals surface area contributed by atoms with Gasteiger partial charge in [-0.3, -0.25) is 9.69 Å². The van der Waals surface area contributed by atoms with Gasteiger partial charge in [-0.2, -0.15) is 0 Å². The summed E-state index contributed by atoms with van der Waals surface area (Å²) in [7, 11) is 0. The first kappa shape index (κ1) is 17.2. The summed E-state index contributed by atoms with van der Waals surface area (Å²) in [5.74, 6) is 0.424. The number of thiazole rings is 1. The average Bonchev–Trinajstić information content (AvgIpc) is 3.32. The largest absolute Gasteiger partial charge is 0.368 e. The number of carbonyl (C=O) groups is 1. The van der Waals surface area contributed by atoms with Crippen LogP contribution in [0.2, 0.25) is 0 Å². The number of anilines is 2. The van der Waals surface area contributed by atoms with Gasteiger partial charge in [0, 0.05) is 6.61 Å². The number of hydrogen-bond acceptors (Lipinski definition) is 4. The molecule has 1 atom stereocenters. The fraction of sp³-hybridized carbons (Fsp3) is 0.333. The van der Waals surface area contributed by atoms with E-state index in [4.69, 9.17) is 9.72 Å². The summed E-state index contributed by atoms with van der Waals surface area (Å²) >= 11 is 1.54. The summed E-state index contributed by atoms with van der Waals surface area (Å²) in [5.41, 5.74) is 3.01. The van der Waals surface area contributed by atoms with E-state index in [9.17, 15) is 4.79 Å². The number of hydrogen-bond donors (Lipinski definition) is 0. The highest BCUT2D eigenvalue weighted by Gasteiger charge is 2.31. The fourth-order valence-electron chi connectivity index (χ4n) is 3.21. The van der Waals surface area contributed by atoms with Crippen LogP contribution >= 0.6 is 11.3 Å². The van der Waals surface area contributed by atoms with Crippen molar-refractivity contribution in [1.29, 1.82) is 0 Å². The number of nitrogens with zero attached hydrogens (tertiary/aromatic N) is 2. The molecule has 4 rings (SSSR count). The number of aromatic nitrogens is 1. The Labute approximate surface area is 157 Å². The Morgan fingerprint density at radius 2 is 1.96 bits per heavy atom. The lowest BCUT2D eigenvalue weighted by Gasteiger charge is -2.23. The molecule has 134 valence electrons. The van der Waals surface area contributed by atoms with Gasteiger partial charge in [0.05, 0.1) is 15.9 Å². The molecule has 3 aromatic rings. The molecule has 0 bridgehead atoms. The quantitative estimate of drug-likeness (QED) is 0.632. The van der Waals surface area contributed by atoms with Crippen LogP contribution in [-0.2, 0) is 9.53 Å². The van der Waals surface area contributed by atoms with Crippen molar-refractivity contribution in [2.45, 2.75) is 38.7 Å². The van der Waals surface area contributed by atoms with E-state index >= 15 is 0 Å². The number of carbonyl (C=O) groups excluding carboxylic acids is 1. The third-order valence-corrected chi connectivity index (χ3v) is 5.74. The predicted octanol–water partition coefficient (Wildman–Crippen LogP) is 5.26. The van der Waals surface area contributed by atoms with E-state index in [0.29, 0.717) is 17.7 Å². The third kappa shape index (κ3) is 3.24. The summed E-state index contributed by atoms with van der Waals surface area (Å²) in [5, 5.41) is 0.698. The highest BCUT2D eigenvalue weighted by molar-refractivity contribution is 7.22. The molecule has 5 heteroatoms. The predicted molar refractivity (Wildman–Crippen MR) is 106 cm³/mol. The molecule has 1 amide bonds. The SMILES string of the molecule is CC(C)c1ccc(N(C(=O)C2CCCO2)c2nc3ccccc3s2)cc1. The van der Waals surface area contributed by atoms with Crippen LogP contribution in [0.3, 0.4) is 0 Å². The van der Waals surface area contributed by atoms with E-state index in [-0.39, 0.29) is 12.0 Å². The molecule has 4 nitrogen and oxygen atoms in total. The van der Waals surface area contributed by atoms with Crippen molar-refractivity contribution >= 4 is 38.3 Å². The average molecular weight is 366 g/mol. The van der Waals surface area contributed by atoms with Crippen LogP contribution in [0.5, 0.6) is 0 Å². The Kier molecular flexibility index (Phi) is 4.74. The summed E-state index contributed by atoms with van der Waals surface area (Å²) in [4.78, 5) is 19.6. The van der Waals surface area contributed by atoms with Gasteiger partial charge >= 0.3 is 0 Å². The lowest BCUT2D eigenvalue weighted by molar-refractivity contribution is -0.126. The van der Waals surface area contributed by atoms with Crippen LogP contribution < -0.4 is 4.90 Å². The number of rotatable bonds is 4. The second kappa shape index (κ2) is 7.17. The van der Waals surface area contributed by atoms with Crippen LogP contribution in [0, 0.1) is 0 Å². The maximum Gasteiger partial charge on any atom is 0.262 e. The minimum Gasteiger partial charge on any atom is -0.368 e. The smallest absolute Gasteiger partial charge is 0.262 e. The van der Waals surface area contributed by atoms with Crippen LogP contribution in [0.25, 0.3) is 10.2 Å². The fourth-order valence-corrected chi connectivity index (χ4v) is 4.20. The number of amides is 1. The molecule has 0 saturated carbocycles. The molecule has 0 radical (unpaired) electrons. The van der Waals surface area contributed by atoms with E-state index in [1.807, 2.05) is 36.4 Å². The van der Waals surface area contributed by atoms with Gasteiger partial charge in [-0.1, -0.05) is 49.4 Å². The van der Waals surface area contributed by atoms with Crippen molar-refractivity contribution in [1.82, 2.24) is 4.98 Å². The zero-order chi connectivity index (χ0) is 18.1. The molecule has 0 spiro atoms. The Morgan fingerprint density at radius 3 is 2.62 bits per heavy atom. The van der Waals surface area contributed by atoms with E-state index in [2.05, 4.69) is 26.0 Å². The molecule has 1 aliphatic heterocycles. The molecule has 1 unspecified atom stereocenters. The molecule has 0 N–H and O–H groups in total. The first-order valence-corrected chi connectivity index (χ1v) is 9.86. The maximum absolute atomic E-state index is 13.2. The summed E-state index contributed by atoms with van der Waals surface area (Å²) in [6.07, 6.45) is 1.31. The monoisotopic (exact) mass is 366 g/mol. The molecule has 0 aliphatic carbocycles. The van der Waals surface area contributed by atoms with Crippen LogP contribution in [0.4, 0.5) is 10.8 Å². The topological polar surface area (TPSA) is 42.4 Å². The minimum atomic E-state index is -0.383. The summed E-state index contributed by atoms with van der Waals surface area (Å²) in [6, 6.07) is 16.2. The first-order valence-electron chi connectivity index (χ1n) is 9.04. The van der Waals surface area contributed by atoms with Gasteiger partial charge in [-0.15, -0.1) is 0 Å². The molecular weight excluding hydrogens is 344 g/mol. The standard InChI is InChI=1S/C21H22N2O2S/c1-14(2)15-9-11-16(12-10-15)23(20(24)18-7-5-13-25-18)21-22-17-6-3-4-8-19(17)26-21/h3-4,6,8-12,14,18H,5,7,13H2,1-2H3. The molecule has 2 aromatic carbocycles. The van der Waals surface area contributed by atoms with Crippen LogP contribution in [0.1, 0.15) is 38.2 Å². The van der Waals surface area contributed by atoms with E-state index in [0.717, 1.165) is 28.7 Å². The Morgan fingerprint density at radius 1 is 1.19 bits per heavy atom. The van der Waals surface area contributed by atoms with Gasteiger partial charge in [-0.25, -0.2) is 4.98 Å². The van der Waals surface area contributed by atoms with Gasteiger partial charge in [-0.05, 0) is 48.6 Å². The number of ether oxygens (including phenoxy) is 1. The van der Waals surface area contributed by atoms with Crippen molar-refractivity contribution in [3.63, 3.8) is 0 Å². The zero-order valence-corrected chi connectivity index (χ0v) is 15.8. The number of fused-ring (bicyclic) bond motifs is 1. The maximum atomic E-state index is 13.2. The Hall–Kier alpha value is -2.24. The Bertz CT molecular complexity index is 878. The van der Waals surface area contributed by atoms with Gasteiger partial charge < -0.3 is 4.74 Å². The minimum absolute atomic E-state index is 0.0288. The van der Waals surface area contributed by atoms with Gasteiger partial charge in [0.1, 0.15) is 6.10 Å². The second-order valence-electron chi connectivity index (χ2n) is 6.89. The molecule has 26 heavy (non-hydrogen) atoms. The number of para-hydroxylation sites is 1. The molecule has 2 heterocycles. The van der Waals surface area contributed by atoms with Crippen LogP contribution in [-0.4, -0.2) is 23.6 Å². The molecular formula is C21H22N2O2S. The van der Waals surface area contributed by atoms with Crippen molar-refractivity contribution in [2.24, 2.45) is 0 Å². The zero-order valence-electron chi connectivity index (χ0n) is 15.0. The van der Waals surface area contributed by atoms with Gasteiger partial charge in [0.2, 0.25) is 0 Å². The molecule has 1 aliphatic rings. The normalized spacial score (nSPS) is 17.1. The lowest BCUT2D eigenvalue weighted by Crippen LogP contribution is -2.35. The van der Waals surface area contributed by atoms with Crippen molar-refractivity contribution in [3.8, 4) is 0 Å². The van der Waals surface area contributed by atoms with E-state index in [1.165, 1.54) is 16.9 Å². The Balaban J connectivity index is 1.76. The highest BCUT2D eigenvalue weighted by atomic mass is 32.1. The van der Waals surface area contributed by atoms with Crippen molar-refractivity contribution in [2.75, 3.05) is 11.5 Å². The third-order valence-electron chi connectivity index (χ3n) is 4.72. The highest BCUT2D eigenvalue weighted by Crippen LogP contribution is 2.35. The van der Waals surface area contributed by atoms with E-state index in [1.54, 1.807) is 4.90 Å². The number of benzene rings is 2. The van der Waals surface area contributed by atoms with E-state index < -0.39 is 0 Å². The van der Waals surface area contributed by atoms with Crippen molar-refractivity contribution in [3.05, 3.63) is 54.1 Å². The molecule has 1 saturated heterocycles. The summed E-state index contributed by atoms with van der Waals surface area (Å²) in [6.45, 7) is 4.98. The first-order chi connectivity index (χ1) is 12.6. The van der Waals surface area contributed by atoms with Gasteiger partial charge in [0.15, 0.2) is 5.13 Å². The summed E-state index contributed by atoms with van der Waals surface area (Å²) < 4.78 is 6.74. The van der Waals surface area contributed by atoms with Crippen molar-refractivity contribution < 1.29 is 9.53 Å².